The number of rotatable bonds is 11. The largest absolute Gasteiger partial charge is 0.455 e. The van der Waals surface area contributed by atoms with E-state index in [2.05, 4.69) is 123 Å². The van der Waals surface area contributed by atoms with Crippen molar-refractivity contribution in [3.8, 4) is 45.3 Å². The number of allylic oxidation sites excluding steroid dienone is 2. The van der Waals surface area contributed by atoms with E-state index >= 15 is 0 Å². The van der Waals surface area contributed by atoms with Crippen LogP contribution in [0, 0.1) is 0 Å². The van der Waals surface area contributed by atoms with Crippen molar-refractivity contribution >= 4 is 33.3 Å². The van der Waals surface area contributed by atoms with E-state index in [0.717, 1.165) is 85.0 Å². The minimum atomic E-state index is 0.581. The fraction of sp³-hybridized carbons (Fsp3) is 0.0566. The van der Waals surface area contributed by atoms with Crippen LogP contribution in [0.3, 0.4) is 0 Å². The maximum atomic E-state index is 6.62. The van der Waals surface area contributed by atoms with Crippen molar-refractivity contribution in [3.63, 3.8) is 0 Å². The molecule has 58 heavy (non-hydrogen) atoms. The van der Waals surface area contributed by atoms with Crippen LogP contribution in [0.1, 0.15) is 30.0 Å². The summed E-state index contributed by atoms with van der Waals surface area (Å²) in [6.45, 7) is 6.59. The SMILES string of the molecule is C=C(N=C(/C(=C\C)CCc1ccccc1)c1ccccc1)c1cccc2c1oc1ccc(-c3nc(-c4ccccc4)nc(-c4cccc(-c5ccccc5)c4)n3)cc12. The molecule has 0 unspecified atom stereocenters. The molecule has 9 aromatic rings. The number of fused-ring (bicyclic) bond motifs is 3. The van der Waals surface area contributed by atoms with E-state index in [9.17, 15) is 0 Å². The molecule has 0 saturated heterocycles. The molecule has 0 amide bonds. The normalized spacial score (nSPS) is 11.9. The number of hydrogen-bond donors (Lipinski definition) is 0. The Morgan fingerprint density at radius 2 is 1.12 bits per heavy atom. The van der Waals surface area contributed by atoms with Gasteiger partial charge >= 0.3 is 0 Å². The quantitative estimate of drug-likeness (QED) is 0.124. The van der Waals surface area contributed by atoms with E-state index in [-0.39, 0.29) is 0 Å². The summed E-state index contributed by atoms with van der Waals surface area (Å²) in [5.41, 5.74) is 12.3. The van der Waals surface area contributed by atoms with Gasteiger partial charge in [-0.2, -0.15) is 0 Å². The monoisotopic (exact) mass is 748 g/mol. The molecular formula is C53H40N4O. The molecule has 2 aromatic heterocycles. The summed E-state index contributed by atoms with van der Waals surface area (Å²) < 4.78 is 6.62. The highest BCUT2D eigenvalue weighted by molar-refractivity contribution is 6.15. The minimum Gasteiger partial charge on any atom is -0.455 e. The van der Waals surface area contributed by atoms with Crippen molar-refractivity contribution in [1.82, 2.24) is 15.0 Å². The minimum absolute atomic E-state index is 0.581. The highest BCUT2D eigenvalue weighted by Crippen LogP contribution is 2.37. The molecule has 5 nitrogen and oxygen atoms in total. The van der Waals surface area contributed by atoms with Crippen LogP contribution in [0.5, 0.6) is 0 Å². The van der Waals surface area contributed by atoms with Crippen LogP contribution in [-0.4, -0.2) is 20.7 Å². The molecule has 5 heteroatoms. The third kappa shape index (κ3) is 7.54. The molecule has 0 spiro atoms. The summed E-state index contributed by atoms with van der Waals surface area (Å²) in [6, 6.07) is 62.0. The molecule has 278 valence electrons. The second kappa shape index (κ2) is 16.3. The molecular weight excluding hydrogens is 709 g/mol. The van der Waals surface area contributed by atoms with Crippen LogP contribution in [0.15, 0.2) is 210 Å². The summed E-state index contributed by atoms with van der Waals surface area (Å²) in [5.74, 6) is 1.80. The van der Waals surface area contributed by atoms with E-state index in [1.54, 1.807) is 0 Å². The molecule has 0 atom stereocenters. The summed E-state index contributed by atoms with van der Waals surface area (Å²) in [4.78, 5) is 20.4. The van der Waals surface area contributed by atoms with Crippen LogP contribution < -0.4 is 0 Å². The Morgan fingerprint density at radius 3 is 1.81 bits per heavy atom. The lowest BCUT2D eigenvalue weighted by atomic mass is 9.95. The zero-order valence-electron chi connectivity index (χ0n) is 32.2. The third-order valence-electron chi connectivity index (χ3n) is 10.4. The van der Waals surface area contributed by atoms with Gasteiger partial charge in [-0.15, -0.1) is 0 Å². The number of hydrogen-bond acceptors (Lipinski definition) is 5. The van der Waals surface area contributed by atoms with Crippen molar-refractivity contribution in [1.29, 1.82) is 0 Å². The van der Waals surface area contributed by atoms with Crippen LogP contribution in [0.25, 0.3) is 72.9 Å². The van der Waals surface area contributed by atoms with Crippen LogP contribution in [-0.2, 0) is 6.42 Å². The lowest BCUT2D eigenvalue weighted by Gasteiger charge is -2.13. The summed E-state index contributed by atoms with van der Waals surface area (Å²) in [6.07, 6.45) is 3.93. The Bertz CT molecular complexity index is 2950. The first-order chi connectivity index (χ1) is 28.6. The van der Waals surface area contributed by atoms with Crippen LogP contribution in [0.4, 0.5) is 0 Å². The van der Waals surface area contributed by atoms with Gasteiger partial charge < -0.3 is 4.42 Å². The number of nitrogens with zero attached hydrogens (tertiary/aromatic N) is 4. The lowest BCUT2D eigenvalue weighted by Crippen LogP contribution is -2.07. The molecule has 0 N–H and O–H groups in total. The topological polar surface area (TPSA) is 64.2 Å². The van der Waals surface area contributed by atoms with E-state index in [1.165, 1.54) is 5.56 Å². The van der Waals surface area contributed by atoms with Crippen molar-refractivity contribution in [3.05, 3.63) is 217 Å². The van der Waals surface area contributed by atoms with E-state index in [4.69, 9.17) is 24.4 Å². The molecule has 0 saturated carbocycles. The average Bonchev–Trinajstić information content (AvgIpc) is 3.68. The number of aliphatic imine (C=N–C) groups is 1. The number of furan rings is 1. The lowest BCUT2D eigenvalue weighted by molar-refractivity contribution is 0.667. The van der Waals surface area contributed by atoms with Gasteiger partial charge in [0.05, 0.1) is 11.4 Å². The van der Waals surface area contributed by atoms with Gasteiger partial charge in [-0.05, 0) is 72.4 Å². The average molecular weight is 749 g/mol. The fourth-order valence-electron chi connectivity index (χ4n) is 7.42. The number of aromatic nitrogens is 3. The Hall–Kier alpha value is -7.50. The summed E-state index contributed by atoms with van der Waals surface area (Å²) >= 11 is 0. The maximum Gasteiger partial charge on any atom is 0.164 e. The number of para-hydroxylation sites is 1. The highest BCUT2D eigenvalue weighted by Gasteiger charge is 2.18. The summed E-state index contributed by atoms with van der Waals surface area (Å²) in [5, 5.41) is 1.93. The molecule has 0 radical (unpaired) electrons. The Morgan fingerprint density at radius 1 is 0.552 bits per heavy atom. The van der Waals surface area contributed by atoms with Gasteiger partial charge in [0, 0.05) is 38.6 Å². The smallest absolute Gasteiger partial charge is 0.164 e. The Balaban J connectivity index is 1.11. The van der Waals surface area contributed by atoms with E-state index in [1.807, 2.05) is 78.9 Å². The Labute approximate surface area is 338 Å². The molecule has 7 aromatic carbocycles. The maximum absolute atomic E-state index is 6.62. The molecule has 0 fully saturated rings. The fourth-order valence-corrected chi connectivity index (χ4v) is 7.42. The molecule has 0 aliphatic carbocycles. The van der Waals surface area contributed by atoms with Crippen molar-refractivity contribution in [2.75, 3.05) is 0 Å². The second-order valence-corrected chi connectivity index (χ2v) is 14.2. The first-order valence-electron chi connectivity index (χ1n) is 19.6. The molecule has 2 heterocycles. The third-order valence-corrected chi connectivity index (χ3v) is 10.4. The van der Waals surface area contributed by atoms with E-state index < -0.39 is 0 Å². The van der Waals surface area contributed by atoms with Crippen molar-refractivity contribution in [2.45, 2.75) is 19.8 Å². The van der Waals surface area contributed by atoms with Crippen LogP contribution >= 0.6 is 0 Å². The zero-order chi connectivity index (χ0) is 39.3. The molecule has 0 aliphatic rings. The predicted octanol–water partition coefficient (Wildman–Crippen LogP) is 13.5. The number of aryl methyl sites for hydroxylation is 1. The second-order valence-electron chi connectivity index (χ2n) is 14.2. The van der Waals surface area contributed by atoms with Gasteiger partial charge in [0.15, 0.2) is 17.5 Å². The standard InChI is InChI=1S/C53H40N4O/c1-3-38(31-30-37-18-8-4-9-19-37)49(40-22-12-6-13-23-40)54-36(2)45-28-17-29-46-47-35-44(32-33-48(47)58-50(45)46)53-56-51(41-24-14-7-15-25-41)55-52(57-53)43-27-16-26-42(34-43)39-20-10-5-11-21-39/h3-29,32-35H,2,30-31H2,1H3/b38-3-,54-49?. The molecule has 0 bridgehead atoms. The van der Waals surface area contributed by atoms with Gasteiger partial charge in [-0.1, -0.05) is 164 Å². The van der Waals surface area contributed by atoms with Gasteiger partial charge in [-0.3, -0.25) is 0 Å². The Kier molecular flexibility index (Phi) is 10.2. The van der Waals surface area contributed by atoms with Crippen LogP contribution in [0.2, 0.25) is 0 Å². The summed E-state index contributed by atoms with van der Waals surface area (Å²) in [7, 11) is 0. The van der Waals surface area contributed by atoms with Gasteiger partial charge in [0.25, 0.3) is 0 Å². The van der Waals surface area contributed by atoms with Gasteiger partial charge in [0.2, 0.25) is 0 Å². The molecule has 9 rings (SSSR count). The van der Waals surface area contributed by atoms with Crippen molar-refractivity contribution in [2.24, 2.45) is 4.99 Å². The van der Waals surface area contributed by atoms with E-state index in [0.29, 0.717) is 23.2 Å². The first kappa shape index (κ1) is 36.2. The predicted molar refractivity (Wildman–Crippen MR) is 239 cm³/mol. The number of benzene rings is 7. The van der Waals surface area contributed by atoms with Crippen molar-refractivity contribution < 1.29 is 4.42 Å². The molecule has 0 aliphatic heterocycles. The van der Waals surface area contributed by atoms with Gasteiger partial charge in [0.1, 0.15) is 11.2 Å². The zero-order valence-corrected chi connectivity index (χ0v) is 32.2. The highest BCUT2D eigenvalue weighted by atomic mass is 16.3. The van der Waals surface area contributed by atoms with Gasteiger partial charge in [-0.25, -0.2) is 19.9 Å². The first-order valence-corrected chi connectivity index (χ1v) is 19.6.